The smallest absolute Gasteiger partial charge is 0.0992 e. The van der Waals surface area contributed by atoms with E-state index in [1.807, 2.05) is 36.4 Å². The van der Waals surface area contributed by atoms with Gasteiger partial charge in [0.15, 0.2) is 0 Å². The lowest BCUT2D eigenvalue weighted by atomic mass is 9.89. The molecule has 0 atom stereocenters. The Balaban J connectivity index is 1.66. The fraction of sp³-hybridized carbons (Fsp3) is 0.0909. The molecule has 0 heterocycles. The highest BCUT2D eigenvalue weighted by atomic mass is 14.2. The highest BCUT2D eigenvalue weighted by Crippen LogP contribution is 2.37. The van der Waals surface area contributed by atoms with Crippen molar-refractivity contribution in [3.05, 3.63) is 120 Å². The monoisotopic (exact) mass is 448 g/mol. The molecular weight excluding hydrogens is 424 g/mol. The number of benzene rings is 5. The molecule has 0 fully saturated rings. The average Bonchev–Trinajstić information content (AvgIpc) is 2.92. The van der Waals surface area contributed by atoms with Crippen LogP contribution in [0.4, 0.5) is 0 Å². The van der Waals surface area contributed by atoms with Gasteiger partial charge in [-0.25, -0.2) is 0 Å². The summed E-state index contributed by atoms with van der Waals surface area (Å²) in [5.41, 5.74) is 8.99. The Hall–Kier alpha value is -4.66. The van der Waals surface area contributed by atoms with Crippen LogP contribution in [-0.2, 0) is 0 Å². The van der Waals surface area contributed by atoms with Crippen LogP contribution in [0.25, 0.3) is 44.2 Å². The molecule has 2 nitrogen and oxygen atoms in total. The molecule has 0 bridgehead atoms. The zero-order chi connectivity index (χ0) is 24.4. The molecule has 0 radical (unpaired) electrons. The summed E-state index contributed by atoms with van der Waals surface area (Å²) in [6.45, 7) is 4.42. The van der Waals surface area contributed by atoms with Crippen LogP contribution in [0.15, 0.2) is 103 Å². The van der Waals surface area contributed by atoms with Crippen LogP contribution in [0.3, 0.4) is 0 Å². The van der Waals surface area contributed by atoms with Gasteiger partial charge in [0, 0.05) is 0 Å². The van der Waals surface area contributed by atoms with Gasteiger partial charge in [-0.15, -0.1) is 0 Å². The highest BCUT2D eigenvalue weighted by molar-refractivity contribution is 6.05. The molecule has 0 amide bonds. The van der Waals surface area contributed by atoms with E-state index in [2.05, 4.69) is 92.7 Å². The van der Waals surface area contributed by atoms with E-state index in [1.165, 1.54) is 22.1 Å². The summed E-state index contributed by atoms with van der Waals surface area (Å²) in [7, 11) is 0. The first-order chi connectivity index (χ1) is 17.1. The maximum Gasteiger partial charge on any atom is 0.0992 e. The SMILES string of the molecule is CC(C)c1ccc(-c2ccc(-c3cc(C#N)cc(-c4ccc(C#N)cc4)c3)c3ccccc23)cc1. The molecule has 0 aliphatic carbocycles. The summed E-state index contributed by atoms with van der Waals surface area (Å²) in [5.74, 6) is 0.501. The van der Waals surface area contributed by atoms with Crippen molar-refractivity contribution < 1.29 is 0 Å². The normalized spacial score (nSPS) is 10.8. The molecular formula is C33H24N2. The zero-order valence-electron chi connectivity index (χ0n) is 19.8. The van der Waals surface area contributed by atoms with Crippen LogP contribution in [-0.4, -0.2) is 0 Å². The van der Waals surface area contributed by atoms with Gasteiger partial charge in [0.2, 0.25) is 0 Å². The van der Waals surface area contributed by atoms with Gasteiger partial charge in [-0.2, -0.15) is 10.5 Å². The van der Waals surface area contributed by atoms with Crippen LogP contribution in [0.2, 0.25) is 0 Å². The maximum atomic E-state index is 9.74. The molecule has 0 saturated carbocycles. The van der Waals surface area contributed by atoms with Crippen molar-refractivity contribution in [1.29, 1.82) is 10.5 Å². The van der Waals surface area contributed by atoms with Crippen molar-refractivity contribution >= 4 is 10.8 Å². The predicted octanol–water partition coefficient (Wildman–Crippen LogP) is 8.71. The second kappa shape index (κ2) is 9.30. The number of fused-ring (bicyclic) bond motifs is 1. The third-order valence-corrected chi connectivity index (χ3v) is 6.53. The molecule has 0 spiro atoms. The van der Waals surface area contributed by atoms with Crippen LogP contribution in [0, 0.1) is 22.7 Å². The number of hydrogen-bond donors (Lipinski definition) is 0. The van der Waals surface area contributed by atoms with E-state index in [0.29, 0.717) is 17.0 Å². The minimum atomic E-state index is 0.501. The van der Waals surface area contributed by atoms with Crippen molar-refractivity contribution in [3.63, 3.8) is 0 Å². The summed E-state index contributed by atoms with van der Waals surface area (Å²) in [4.78, 5) is 0. The van der Waals surface area contributed by atoms with E-state index >= 15 is 0 Å². The molecule has 0 aliphatic heterocycles. The van der Waals surface area contributed by atoms with E-state index < -0.39 is 0 Å². The third kappa shape index (κ3) is 4.31. The summed E-state index contributed by atoms with van der Waals surface area (Å²) in [5, 5.41) is 21.2. The van der Waals surface area contributed by atoms with E-state index in [1.54, 1.807) is 0 Å². The van der Waals surface area contributed by atoms with Crippen LogP contribution >= 0.6 is 0 Å². The van der Waals surface area contributed by atoms with Crippen molar-refractivity contribution in [1.82, 2.24) is 0 Å². The van der Waals surface area contributed by atoms with Crippen LogP contribution in [0.5, 0.6) is 0 Å². The maximum absolute atomic E-state index is 9.74. The molecule has 35 heavy (non-hydrogen) atoms. The molecule has 5 rings (SSSR count). The Morgan fingerprint density at radius 1 is 0.514 bits per heavy atom. The highest BCUT2D eigenvalue weighted by Gasteiger charge is 2.12. The molecule has 5 aromatic rings. The summed E-state index contributed by atoms with van der Waals surface area (Å²) in [6.07, 6.45) is 0. The second-order valence-corrected chi connectivity index (χ2v) is 9.08. The van der Waals surface area contributed by atoms with Crippen LogP contribution in [0.1, 0.15) is 36.5 Å². The molecule has 166 valence electrons. The van der Waals surface area contributed by atoms with E-state index in [0.717, 1.165) is 27.6 Å². The topological polar surface area (TPSA) is 47.6 Å². The molecule has 2 heteroatoms. The van der Waals surface area contributed by atoms with Gasteiger partial charge >= 0.3 is 0 Å². The Morgan fingerprint density at radius 2 is 1.06 bits per heavy atom. The Kier molecular flexibility index (Phi) is 5.88. The molecule has 0 unspecified atom stereocenters. The Morgan fingerprint density at radius 3 is 1.63 bits per heavy atom. The first-order valence-corrected chi connectivity index (χ1v) is 11.8. The second-order valence-electron chi connectivity index (χ2n) is 9.08. The Labute approximate surface area is 206 Å². The van der Waals surface area contributed by atoms with Gasteiger partial charge < -0.3 is 0 Å². The summed E-state index contributed by atoms with van der Waals surface area (Å²) in [6, 6.07) is 39.6. The average molecular weight is 449 g/mol. The summed E-state index contributed by atoms with van der Waals surface area (Å²) >= 11 is 0. The fourth-order valence-electron chi connectivity index (χ4n) is 4.60. The van der Waals surface area contributed by atoms with Gasteiger partial charge in [0.25, 0.3) is 0 Å². The lowest BCUT2D eigenvalue weighted by Crippen LogP contribution is -1.90. The molecule has 0 aromatic heterocycles. The minimum absolute atomic E-state index is 0.501. The van der Waals surface area contributed by atoms with Gasteiger partial charge in [0.05, 0.1) is 23.3 Å². The van der Waals surface area contributed by atoms with Gasteiger partial charge in [0.1, 0.15) is 0 Å². The van der Waals surface area contributed by atoms with E-state index in [-0.39, 0.29) is 0 Å². The van der Waals surface area contributed by atoms with Gasteiger partial charge in [-0.1, -0.05) is 86.6 Å². The number of rotatable bonds is 4. The van der Waals surface area contributed by atoms with Crippen molar-refractivity contribution in [2.75, 3.05) is 0 Å². The van der Waals surface area contributed by atoms with Crippen LogP contribution < -0.4 is 0 Å². The van der Waals surface area contributed by atoms with Crippen molar-refractivity contribution in [2.45, 2.75) is 19.8 Å². The van der Waals surface area contributed by atoms with Gasteiger partial charge in [-0.05, 0) is 86.0 Å². The third-order valence-electron chi connectivity index (χ3n) is 6.53. The molecule has 0 N–H and O–H groups in total. The van der Waals surface area contributed by atoms with Gasteiger partial charge in [-0.3, -0.25) is 0 Å². The number of nitrogens with zero attached hydrogens (tertiary/aromatic N) is 2. The molecule has 5 aromatic carbocycles. The zero-order valence-corrected chi connectivity index (χ0v) is 19.8. The largest absolute Gasteiger partial charge is 0.192 e. The standard InChI is InChI=1S/C33H24N2/c1-22(2)25-11-13-27(14-12-25)30-15-16-31(33-6-4-3-5-32(30)33)29-18-24(21-35)17-28(19-29)26-9-7-23(20-34)8-10-26/h3-19,22H,1-2H3. The first-order valence-electron chi connectivity index (χ1n) is 11.8. The number of hydrogen-bond acceptors (Lipinski definition) is 2. The fourth-order valence-corrected chi connectivity index (χ4v) is 4.60. The minimum Gasteiger partial charge on any atom is -0.192 e. The Bertz CT molecular complexity index is 1610. The van der Waals surface area contributed by atoms with Crippen molar-refractivity contribution in [3.8, 4) is 45.5 Å². The predicted molar refractivity (Wildman–Crippen MR) is 144 cm³/mol. The summed E-state index contributed by atoms with van der Waals surface area (Å²) < 4.78 is 0. The number of nitriles is 2. The molecule has 0 saturated heterocycles. The lowest BCUT2D eigenvalue weighted by molar-refractivity contribution is 0.867. The van der Waals surface area contributed by atoms with Crippen molar-refractivity contribution in [2.24, 2.45) is 0 Å². The quantitative estimate of drug-likeness (QED) is 0.276. The first kappa shape index (κ1) is 22.1. The van der Waals surface area contributed by atoms with E-state index in [9.17, 15) is 5.26 Å². The lowest BCUT2D eigenvalue weighted by Gasteiger charge is -2.14. The van der Waals surface area contributed by atoms with E-state index in [4.69, 9.17) is 5.26 Å². The molecule has 0 aliphatic rings.